The van der Waals surface area contributed by atoms with E-state index >= 15 is 0 Å². The summed E-state index contributed by atoms with van der Waals surface area (Å²) in [6.07, 6.45) is 4.08. The third kappa shape index (κ3) is 5.33. The number of rotatable bonds is 4. The molecule has 1 saturated heterocycles. The van der Waals surface area contributed by atoms with E-state index in [4.69, 9.17) is 13.9 Å². The van der Waals surface area contributed by atoms with Crippen molar-refractivity contribution < 1.29 is 23.8 Å². The van der Waals surface area contributed by atoms with E-state index in [1.165, 1.54) is 0 Å². The molecule has 5 rings (SSSR count). The number of aliphatic hydroxyl groups is 1. The Morgan fingerprint density at radius 1 is 0.872 bits per heavy atom. The third-order valence-corrected chi connectivity index (χ3v) is 12.9. The summed E-state index contributed by atoms with van der Waals surface area (Å²) in [6.45, 7) is 8.73. The molecule has 0 radical (unpaired) electrons. The second kappa shape index (κ2) is 11.1. The minimum absolute atomic E-state index is 0.162. The van der Waals surface area contributed by atoms with Gasteiger partial charge in [0.2, 0.25) is 0 Å². The van der Waals surface area contributed by atoms with E-state index in [1.54, 1.807) is 0 Å². The molecule has 3 aromatic carbocycles. The molecule has 6 heteroatoms. The molecule has 2 bridgehead atoms. The number of carbonyl (C=O) groups excluding carboxylic acids is 1. The van der Waals surface area contributed by atoms with E-state index in [-0.39, 0.29) is 17.1 Å². The summed E-state index contributed by atoms with van der Waals surface area (Å²) in [6, 6.07) is 26.5. The van der Waals surface area contributed by atoms with Crippen molar-refractivity contribution in [2.24, 2.45) is 5.92 Å². The van der Waals surface area contributed by atoms with Crippen molar-refractivity contribution in [1.82, 2.24) is 0 Å². The van der Waals surface area contributed by atoms with Crippen LogP contribution in [0.5, 0.6) is 5.75 Å². The Bertz CT molecular complexity index is 1280. The molecule has 1 N–H and O–H groups in total. The van der Waals surface area contributed by atoms with Gasteiger partial charge in [0.1, 0.15) is 11.3 Å². The van der Waals surface area contributed by atoms with Crippen LogP contribution in [0.4, 0.5) is 0 Å². The monoisotopic (exact) mass is 542 g/mol. The Kier molecular flexibility index (Phi) is 7.81. The largest absolute Gasteiger partial charge is 0.533 e. The Labute approximate surface area is 232 Å². The van der Waals surface area contributed by atoms with Crippen molar-refractivity contribution in [3.63, 3.8) is 0 Å². The van der Waals surface area contributed by atoms with E-state index in [0.29, 0.717) is 24.2 Å². The number of allylic oxidation sites excluding steroid dienone is 2. The first-order chi connectivity index (χ1) is 18.7. The molecule has 1 fully saturated rings. The average molecular weight is 543 g/mol. The van der Waals surface area contributed by atoms with Crippen molar-refractivity contribution >= 4 is 24.7 Å². The van der Waals surface area contributed by atoms with Gasteiger partial charge in [-0.15, -0.1) is 0 Å². The minimum atomic E-state index is -2.99. The number of hydrogen-bond acceptors (Lipinski definition) is 5. The Balaban J connectivity index is 1.66. The fourth-order valence-corrected chi connectivity index (χ4v) is 10.3. The maximum absolute atomic E-state index is 13.9. The Hall–Kier alpha value is -3.19. The fraction of sp³-hybridized carbons (Fsp3) is 0.364. The van der Waals surface area contributed by atoms with Crippen LogP contribution in [0.25, 0.3) is 0 Å². The summed E-state index contributed by atoms with van der Waals surface area (Å²) in [5, 5.41) is 12.6. The summed E-state index contributed by atoms with van der Waals surface area (Å²) in [5.41, 5.74) is 1.25. The second-order valence-corrected chi connectivity index (χ2v) is 15.9. The third-order valence-electron chi connectivity index (χ3n) is 8.00. The quantitative estimate of drug-likeness (QED) is 0.272. The molecular weight excluding hydrogens is 504 g/mol. The van der Waals surface area contributed by atoms with Crippen LogP contribution in [0.3, 0.4) is 0 Å². The number of hydrogen-bond donors (Lipinski definition) is 1. The molecule has 3 aromatic rings. The van der Waals surface area contributed by atoms with Gasteiger partial charge in [-0.1, -0.05) is 113 Å². The lowest BCUT2D eigenvalue weighted by Crippen LogP contribution is -2.69. The fourth-order valence-electron chi connectivity index (χ4n) is 5.89. The summed E-state index contributed by atoms with van der Waals surface area (Å²) >= 11 is 0. The average Bonchev–Trinajstić information content (AvgIpc) is 3.29. The number of fused-ring (bicyclic) bond motifs is 3. The first-order valence-electron chi connectivity index (χ1n) is 13.8. The lowest BCUT2D eigenvalue weighted by molar-refractivity contribution is -0.136. The predicted molar refractivity (Wildman–Crippen MR) is 156 cm³/mol. The number of aliphatic hydroxyl groups excluding tert-OH is 1. The van der Waals surface area contributed by atoms with Gasteiger partial charge in [0.05, 0.1) is 6.10 Å². The molecule has 0 aromatic heterocycles. The van der Waals surface area contributed by atoms with Crippen LogP contribution in [-0.4, -0.2) is 37.9 Å². The van der Waals surface area contributed by atoms with Gasteiger partial charge >= 0.3 is 14.3 Å². The van der Waals surface area contributed by atoms with Gasteiger partial charge < -0.3 is 19.0 Å². The highest BCUT2D eigenvalue weighted by Gasteiger charge is 2.52. The zero-order chi connectivity index (χ0) is 27.6. The lowest BCUT2D eigenvalue weighted by Gasteiger charge is -2.43. The second-order valence-electron chi connectivity index (χ2n) is 11.7. The SMILES string of the molecule is C[C@@H]1C/C=C/Cc2cccc(O[Si](c3ccccc3)(c3ccccc3)C(C)(C)C)c2C(=O)O[C@@H]2C[C@H]1O[C@@H]2O. The van der Waals surface area contributed by atoms with E-state index in [2.05, 4.69) is 64.1 Å². The van der Waals surface area contributed by atoms with E-state index in [1.807, 2.05) is 54.6 Å². The summed E-state index contributed by atoms with van der Waals surface area (Å²) in [4.78, 5) is 13.9. The van der Waals surface area contributed by atoms with E-state index in [9.17, 15) is 9.90 Å². The normalized spacial score (nSPS) is 24.6. The highest BCUT2D eigenvalue weighted by Crippen LogP contribution is 2.40. The van der Waals surface area contributed by atoms with Crippen molar-refractivity contribution in [3.05, 3.63) is 102 Å². The zero-order valence-electron chi connectivity index (χ0n) is 23.2. The first kappa shape index (κ1) is 27.4. The Morgan fingerprint density at radius 2 is 1.51 bits per heavy atom. The van der Waals surface area contributed by atoms with E-state index < -0.39 is 26.7 Å². The molecular formula is C33H38O5Si. The molecule has 0 unspecified atom stereocenters. The molecule has 4 atom stereocenters. The van der Waals surface area contributed by atoms with Gasteiger partial charge in [0, 0.05) is 6.42 Å². The van der Waals surface area contributed by atoms with Crippen LogP contribution in [0.15, 0.2) is 91.0 Å². The van der Waals surface area contributed by atoms with Crippen LogP contribution in [-0.2, 0) is 15.9 Å². The lowest BCUT2D eigenvalue weighted by atomic mass is 9.96. The number of esters is 1. The van der Waals surface area contributed by atoms with Gasteiger partial charge in [-0.3, -0.25) is 0 Å². The molecule has 0 spiro atoms. The highest BCUT2D eigenvalue weighted by atomic mass is 28.4. The number of carbonyl (C=O) groups is 1. The van der Waals surface area contributed by atoms with Gasteiger partial charge in [0.15, 0.2) is 12.4 Å². The summed E-state index contributed by atoms with van der Waals surface area (Å²) in [7, 11) is -2.99. The standard InChI is InChI=1S/C33H38O5Si/c1-23-14-11-12-15-24-16-13-21-27(30(24)32(35)37-29-22-28(23)36-31(29)34)38-39(33(2,3)4,25-17-7-5-8-18-25)26-19-9-6-10-20-26/h5-13,16-21,23,28-29,31,34H,14-15,22H2,1-4H3/b12-11+/t23-,28-,29-,31+/m1/s1. The summed E-state index contributed by atoms with van der Waals surface area (Å²) < 4.78 is 19.0. The molecule has 39 heavy (non-hydrogen) atoms. The van der Waals surface area contributed by atoms with Gasteiger partial charge in [0.25, 0.3) is 0 Å². The van der Waals surface area contributed by atoms with Crippen molar-refractivity contribution in [3.8, 4) is 5.75 Å². The van der Waals surface area contributed by atoms with Crippen molar-refractivity contribution in [2.75, 3.05) is 0 Å². The molecule has 0 aliphatic carbocycles. The first-order valence-corrected chi connectivity index (χ1v) is 15.7. The van der Waals surface area contributed by atoms with Gasteiger partial charge in [-0.05, 0) is 45.8 Å². The van der Waals surface area contributed by atoms with Gasteiger partial charge in [-0.25, -0.2) is 4.79 Å². The maximum atomic E-state index is 13.9. The molecule has 2 aliphatic rings. The van der Waals surface area contributed by atoms with Crippen LogP contribution >= 0.6 is 0 Å². The maximum Gasteiger partial charge on any atom is 0.342 e. The molecule has 2 aliphatic heterocycles. The Morgan fingerprint density at radius 3 is 2.13 bits per heavy atom. The molecule has 0 saturated carbocycles. The van der Waals surface area contributed by atoms with Crippen LogP contribution in [0.2, 0.25) is 5.04 Å². The van der Waals surface area contributed by atoms with Gasteiger partial charge in [-0.2, -0.15) is 0 Å². The minimum Gasteiger partial charge on any atom is -0.533 e. The molecule has 2 heterocycles. The highest BCUT2D eigenvalue weighted by molar-refractivity contribution is 7.00. The van der Waals surface area contributed by atoms with Crippen LogP contribution in [0, 0.1) is 5.92 Å². The van der Waals surface area contributed by atoms with Crippen molar-refractivity contribution in [1.29, 1.82) is 0 Å². The summed E-state index contributed by atoms with van der Waals surface area (Å²) in [5.74, 6) is 0.229. The van der Waals surface area contributed by atoms with Crippen LogP contribution in [0.1, 0.15) is 56.5 Å². The predicted octanol–water partition coefficient (Wildman–Crippen LogP) is 5.40. The number of benzene rings is 3. The molecule has 0 amide bonds. The molecule has 204 valence electrons. The smallest absolute Gasteiger partial charge is 0.342 e. The zero-order valence-corrected chi connectivity index (χ0v) is 24.2. The number of ether oxygens (including phenoxy) is 2. The van der Waals surface area contributed by atoms with E-state index in [0.717, 1.165) is 22.4 Å². The van der Waals surface area contributed by atoms with Crippen LogP contribution < -0.4 is 14.8 Å². The topological polar surface area (TPSA) is 65.0 Å². The van der Waals surface area contributed by atoms with Crippen molar-refractivity contribution in [2.45, 2.75) is 70.5 Å². The molecule has 5 nitrogen and oxygen atoms in total.